The first kappa shape index (κ1) is 36.5. The van der Waals surface area contributed by atoms with Crippen molar-refractivity contribution in [2.24, 2.45) is 0 Å². The lowest BCUT2D eigenvalue weighted by Gasteiger charge is -2.29. The summed E-state index contributed by atoms with van der Waals surface area (Å²) in [5.74, 6) is 0. The summed E-state index contributed by atoms with van der Waals surface area (Å²) in [6.45, 7) is 9.58. The van der Waals surface area contributed by atoms with Gasteiger partial charge in [0.1, 0.15) is 0 Å². The highest BCUT2D eigenvalue weighted by Gasteiger charge is 2.49. The van der Waals surface area contributed by atoms with E-state index in [2.05, 4.69) is 158 Å². The Bertz CT molecular complexity index is 2160. The van der Waals surface area contributed by atoms with Gasteiger partial charge in [-0.2, -0.15) is 0 Å². The van der Waals surface area contributed by atoms with Crippen molar-refractivity contribution in [3.8, 4) is 11.1 Å². The predicted octanol–water partition coefficient (Wildman–Crippen LogP) is 13.7. The third-order valence-corrected chi connectivity index (χ3v) is 11.0. The molecule has 0 saturated carbocycles. The van der Waals surface area contributed by atoms with Gasteiger partial charge in [0.25, 0.3) is 0 Å². The summed E-state index contributed by atoms with van der Waals surface area (Å²) in [5.41, 5.74) is 17.2. The van der Waals surface area contributed by atoms with Crippen LogP contribution in [0.3, 0.4) is 0 Å². The third-order valence-electron chi connectivity index (χ3n) is 11.0. The monoisotopic (exact) mass is 704 g/mol. The maximum absolute atomic E-state index is 4.02. The van der Waals surface area contributed by atoms with Crippen LogP contribution in [-0.4, -0.2) is 6.54 Å². The number of aryl methyl sites for hydroxylation is 2. The highest BCUT2D eigenvalue weighted by Crippen LogP contribution is 2.61. The minimum absolute atomic E-state index is 0.191. The van der Waals surface area contributed by atoms with Crippen LogP contribution in [-0.2, 0) is 18.3 Å². The molecule has 1 heterocycles. The number of benzene rings is 6. The Kier molecular flexibility index (Phi) is 11.7. The molecule has 0 fully saturated rings. The molecule has 3 aliphatic rings. The van der Waals surface area contributed by atoms with E-state index in [9.17, 15) is 0 Å². The van der Waals surface area contributed by atoms with Gasteiger partial charge in [-0.3, -0.25) is 0 Å². The Hall–Kier alpha value is -5.86. The molecule has 6 aromatic carbocycles. The van der Waals surface area contributed by atoms with Gasteiger partial charge in [0, 0.05) is 23.6 Å². The lowest BCUT2D eigenvalue weighted by Crippen LogP contribution is -2.23. The molecule has 2 heteroatoms. The zero-order valence-corrected chi connectivity index (χ0v) is 31.8. The van der Waals surface area contributed by atoms with Crippen LogP contribution >= 0.6 is 0 Å². The number of nitrogens with one attached hydrogen (secondary N) is 2. The van der Waals surface area contributed by atoms with E-state index in [1.807, 2.05) is 42.5 Å². The standard InChI is InChI=1S/C37H35N.C9H11N.C6H6/c1-4-13-27-14-7-12-19-36(27)38-29-22-23-30-28(21-20-26(5-2)6-3)25-37(35(30)24-29)33-17-10-8-15-31(33)32-16-9-11-18-34(32)37;1-2-6-9-8(4-1)5-3-7-10-9;1-2-4-6-5-3-1/h5,7-12,14-24,38H,2,4,6,13,25H2,1,3H3;1-2,4,6,10H,3,5,7H2;1-6H/b26-20-,28-21+;;. The van der Waals surface area contributed by atoms with Crippen LogP contribution in [0.4, 0.5) is 17.1 Å². The smallest absolute Gasteiger partial charge is 0.0510 e. The van der Waals surface area contributed by atoms with Crippen molar-refractivity contribution < 1.29 is 0 Å². The summed E-state index contributed by atoms with van der Waals surface area (Å²) in [6.07, 6.45) is 13.2. The van der Waals surface area contributed by atoms with Crippen molar-refractivity contribution in [1.29, 1.82) is 0 Å². The average molecular weight is 705 g/mol. The summed E-state index contributed by atoms with van der Waals surface area (Å²) in [6, 6.07) is 54.2. The molecule has 2 N–H and O–H groups in total. The van der Waals surface area contributed by atoms with Gasteiger partial charge in [-0.05, 0) is 112 Å². The molecular weight excluding hydrogens is 653 g/mol. The third kappa shape index (κ3) is 7.61. The molecule has 0 amide bonds. The predicted molar refractivity (Wildman–Crippen MR) is 233 cm³/mol. The number of rotatable bonds is 7. The van der Waals surface area contributed by atoms with Gasteiger partial charge < -0.3 is 10.6 Å². The maximum Gasteiger partial charge on any atom is 0.0510 e. The fourth-order valence-electron chi connectivity index (χ4n) is 8.31. The normalized spacial score (nSPS) is 14.9. The van der Waals surface area contributed by atoms with Gasteiger partial charge in [-0.25, -0.2) is 0 Å². The van der Waals surface area contributed by atoms with Crippen LogP contribution in [0.1, 0.15) is 72.9 Å². The SMILES string of the molecule is C=C/C(=C/C=C1\CC2(c3cc(Nc4ccccc4CCC)ccc31)c1ccccc1-c1ccccc12)CC.c1ccc2c(c1)CCCN2.c1ccccc1. The molecule has 270 valence electrons. The lowest BCUT2D eigenvalue weighted by atomic mass is 9.73. The van der Waals surface area contributed by atoms with Crippen LogP contribution in [0.15, 0.2) is 182 Å². The van der Waals surface area contributed by atoms with Crippen molar-refractivity contribution in [2.45, 2.75) is 57.8 Å². The van der Waals surface area contributed by atoms with E-state index in [1.54, 1.807) is 0 Å². The van der Waals surface area contributed by atoms with E-state index < -0.39 is 0 Å². The zero-order valence-electron chi connectivity index (χ0n) is 31.8. The molecule has 2 nitrogen and oxygen atoms in total. The fourth-order valence-corrected chi connectivity index (χ4v) is 8.31. The summed E-state index contributed by atoms with van der Waals surface area (Å²) in [7, 11) is 0. The molecule has 1 spiro atoms. The molecular formula is C52H52N2. The second-order valence-corrected chi connectivity index (χ2v) is 14.3. The van der Waals surface area contributed by atoms with Gasteiger partial charge in [-0.15, -0.1) is 0 Å². The maximum atomic E-state index is 4.02. The summed E-state index contributed by atoms with van der Waals surface area (Å²) >= 11 is 0. The second kappa shape index (κ2) is 17.3. The Balaban J connectivity index is 0.000000230. The molecule has 0 radical (unpaired) electrons. The van der Waals surface area contributed by atoms with Gasteiger partial charge in [0.2, 0.25) is 0 Å². The topological polar surface area (TPSA) is 24.1 Å². The number of fused-ring (bicyclic) bond motifs is 8. The van der Waals surface area contributed by atoms with E-state index in [0.717, 1.165) is 37.9 Å². The summed E-state index contributed by atoms with van der Waals surface area (Å²) < 4.78 is 0. The first-order valence-electron chi connectivity index (χ1n) is 19.7. The van der Waals surface area contributed by atoms with Gasteiger partial charge in [0.15, 0.2) is 0 Å². The Labute approximate surface area is 323 Å². The molecule has 6 aromatic rings. The van der Waals surface area contributed by atoms with Crippen LogP contribution in [0.5, 0.6) is 0 Å². The highest BCUT2D eigenvalue weighted by atomic mass is 14.9. The first-order valence-corrected chi connectivity index (χ1v) is 19.7. The number of hydrogen-bond donors (Lipinski definition) is 2. The quantitative estimate of drug-likeness (QED) is 0.162. The van der Waals surface area contributed by atoms with Gasteiger partial charge in [0.05, 0.1) is 5.41 Å². The largest absolute Gasteiger partial charge is 0.385 e. The van der Waals surface area contributed by atoms with Crippen molar-refractivity contribution in [1.82, 2.24) is 0 Å². The van der Waals surface area contributed by atoms with Crippen LogP contribution < -0.4 is 10.6 Å². The molecule has 0 bridgehead atoms. The minimum atomic E-state index is -0.191. The van der Waals surface area contributed by atoms with Gasteiger partial charge >= 0.3 is 0 Å². The van der Waals surface area contributed by atoms with Gasteiger partial charge in [-0.1, -0.05) is 172 Å². The average Bonchev–Trinajstić information content (AvgIpc) is 3.72. The number of para-hydroxylation sites is 2. The molecule has 1 aliphatic heterocycles. The van der Waals surface area contributed by atoms with Crippen molar-refractivity contribution >= 4 is 22.6 Å². The fraction of sp³-hybridized carbons (Fsp3) is 0.192. The van der Waals surface area contributed by atoms with E-state index in [1.165, 1.54) is 79.9 Å². The zero-order chi connectivity index (χ0) is 37.2. The Morgan fingerprint density at radius 3 is 2.02 bits per heavy atom. The number of allylic oxidation sites excluding steroid dienone is 5. The van der Waals surface area contributed by atoms with Crippen molar-refractivity contribution in [3.05, 3.63) is 215 Å². The highest BCUT2D eigenvalue weighted by molar-refractivity contribution is 5.91. The molecule has 0 atom stereocenters. The molecule has 9 rings (SSSR count). The van der Waals surface area contributed by atoms with E-state index in [4.69, 9.17) is 0 Å². The molecule has 54 heavy (non-hydrogen) atoms. The molecule has 2 aliphatic carbocycles. The molecule has 0 aromatic heterocycles. The van der Waals surface area contributed by atoms with Crippen molar-refractivity contribution in [2.75, 3.05) is 17.2 Å². The number of anilines is 3. The Morgan fingerprint density at radius 1 is 0.704 bits per heavy atom. The second-order valence-electron chi connectivity index (χ2n) is 14.3. The van der Waals surface area contributed by atoms with E-state index in [0.29, 0.717) is 0 Å². The van der Waals surface area contributed by atoms with E-state index >= 15 is 0 Å². The van der Waals surface area contributed by atoms with Crippen molar-refractivity contribution in [3.63, 3.8) is 0 Å². The summed E-state index contributed by atoms with van der Waals surface area (Å²) in [4.78, 5) is 0. The molecule has 0 saturated heterocycles. The van der Waals surface area contributed by atoms with Crippen LogP contribution in [0.25, 0.3) is 16.7 Å². The van der Waals surface area contributed by atoms with E-state index in [-0.39, 0.29) is 5.41 Å². The minimum Gasteiger partial charge on any atom is -0.385 e. The number of hydrogen-bond acceptors (Lipinski definition) is 2. The Morgan fingerprint density at radius 2 is 1.35 bits per heavy atom. The first-order chi connectivity index (χ1) is 26.7. The van der Waals surface area contributed by atoms with Crippen LogP contribution in [0.2, 0.25) is 0 Å². The summed E-state index contributed by atoms with van der Waals surface area (Å²) in [5, 5.41) is 7.14. The van der Waals surface area contributed by atoms with Crippen LogP contribution in [0, 0.1) is 0 Å². The lowest BCUT2D eigenvalue weighted by molar-refractivity contribution is 0.682. The molecule has 0 unspecified atom stereocenters.